The Bertz CT molecular complexity index is 1310. The molecule has 0 spiro atoms. The average Bonchev–Trinajstić information content (AvgIpc) is 3.26. The van der Waals surface area contributed by atoms with Crippen LogP contribution in [0.1, 0.15) is 44.9 Å². The van der Waals surface area contributed by atoms with Crippen molar-refractivity contribution in [3.8, 4) is 0 Å². The van der Waals surface area contributed by atoms with E-state index in [9.17, 15) is 9.59 Å². The van der Waals surface area contributed by atoms with Crippen LogP contribution in [0.25, 0.3) is 16.6 Å². The number of hydrogen-bond acceptors (Lipinski definition) is 7. The fraction of sp³-hybridized carbons (Fsp3) is 0.286. The Hall–Kier alpha value is -3.20. The first-order valence-electron chi connectivity index (χ1n) is 9.42. The fourth-order valence-corrected chi connectivity index (χ4v) is 4.45. The van der Waals surface area contributed by atoms with E-state index in [4.69, 9.17) is 9.72 Å². The molecule has 3 heterocycles. The minimum Gasteiger partial charge on any atom is -0.465 e. The first kappa shape index (κ1) is 20.1. The second-order valence-electron chi connectivity index (χ2n) is 7.05. The van der Waals surface area contributed by atoms with Crippen LogP contribution in [-0.2, 0) is 4.74 Å². The number of fused-ring (bicyclic) bond motifs is 3. The number of carbonyl (C=O) groups is 2. The summed E-state index contributed by atoms with van der Waals surface area (Å²) in [6.45, 7) is 7.13. The van der Waals surface area contributed by atoms with E-state index in [0.29, 0.717) is 39.1 Å². The molecule has 0 bridgehead atoms. The molecule has 1 atom stereocenters. The molecule has 1 unspecified atom stereocenters. The van der Waals surface area contributed by atoms with Gasteiger partial charge in [0.25, 0.3) is 0 Å². The number of carbonyl (C=O) groups excluding carboxylic acids is 2. The Labute approximate surface area is 177 Å². The van der Waals surface area contributed by atoms with Gasteiger partial charge in [-0.2, -0.15) is 4.52 Å². The standard InChI is InChI=1S/C21H21N5O3S/c1-10-16(20(28)29-5)11(2)22-17(10)18(27)12(3)30-21-24-15-9-7-6-8-14(15)19-23-13(4)25-26(19)21/h6-9,12,22H,1-5H3. The molecule has 9 heteroatoms. The van der Waals surface area contributed by atoms with Crippen LogP contribution in [0.15, 0.2) is 29.4 Å². The highest BCUT2D eigenvalue weighted by Crippen LogP contribution is 2.29. The number of para-hydroxylation sites is 1. The fourth-order valence-electron chi connectivity index (χ4n) is 3.53. The van der Waals surface area contributed by atoms with E-state index < -0.39 is 11.2 Å². The SMILES string of the molecule is COC(=O)c1c(C)[nH]c(C(=O)C(C)Sc2nc3ccccc3c3nc(C)nn23)c1C. The van der Waals surface area contributed by atoms with Gasteiger partial charge in [0.2, 0.25) is 0 Å². The summed E-state index contributed by atoms with van der Waals surface area (Å²) in [7, 11) is 1.32. The third kappa shape index (κ3) is 3.24. The van der Waals surface area contributed by atoms with Crippen molar-refractivity contribution in [2.45, 2.75) is 38.1 Å². The smallest absolute Gasteiger partial charge is 0.339 e. The van der Waals surface area contributed by atoms with Crippen molar-refractivity contribution >= 4 is 40.1 Å². The van der Waals surface area contributed by atoms with E-state index in [1.165, 1.54) is 18.9 Å². The molecule has 30 heavy (non-hydrogen) atoms. The lowest BCUT2D eigenvalue weighted by Crippen LogP contribution is -2.16. The molecule has 4 rings (SSSR count). The highest BCUT2D eigenvalue weighted by Gasteiger charge is 2.27. The number of aromatic amines is 1. The number of thioether (sulfide) groups is 1. The van der Waals surface area contributed by atoms with Gasteiger partial charge in [-0.05, 0) is 45.4 Å². The summed E-state index contributed by atoms with van der Waals surface area (Å²) in [5.74, 6) is 0.0415. The van der Waals surface area contributed by atoms with Gasteiger partial charge in [-0.3, -0.25) is 4.79 Å². The van der Waals surface area contributed by atoms with Gasteiger partial charge < -0.3 is 9.72 Å². The molecule has 8 nitrogen and oxygen atoms in total. The minimum absolute atomic E-state index is 0.129. The van der Waals surface area contributed by atoms with E-state index >= 15 is 0 Å². The van der Waals surface area contributed by atoms with Crippen LogP contribution in [-0.4, -0.2) is 48.7 Å². The molecule has 154 valence electrons. The summed E-state index contributed by atoms with van der Waals surface area (Å²) in [5, 5.41) is 5.48. The van der Waals surface area contributed by atoms with E-state index in [1.54, 1.807) is 18.4 Å². The molecule has 3 aromatic heterocycles. The zero-order chi connectivity index (χ0) is 21.6. The molecule has 0 saturated carbocycles. The van der Waals surface area contributed by atoms with Crippen molar-refractivity contribution in [2.75, 3.05) is 7.11 Å². The van der Waals surface area contributed by atoms with Crippen molar-refractivity contribution in [1.82, 2.24) is 24.6 Å². The first-order chi connectivity index (χ1) is 14.3. The Morgan fingerprint density at radius 3 is 2.63 bits per heavy atom. The van der Waals surface area contributed by atoms with Crippen LogP contribution in [0.3, 0.4) is 0 Å². The molecule has 1 N–H and O–H groups in total. The van der Waals surface area contributed by atoms with Gasteiger partial charge in [0.15, 0.2) is 16.6 Å². The highest BCUT2D eigenvalue weighted by molar-refractivity contribution is 8.00. The van der Waals surface area contributed by atoms with Gasteiger partial charge in [0.05, 0.1) is 29.1 Å². The summed E-state index contributed by atoms with van der Waals surface area (Å²) < 4.78 is 6.51. The number of hydrogen-bond donors (Lipinski definition) is 1. The Balaban J connectivity index is 1.72. The second-order valence-corrected chi connectivity index (χ2v) is 8.35. The van der Waals surface area contributed by atoms with Crippen molar-refractivity contribution in [1.29, 1.82) is 0 Å². The summed E-state index contributed by atoms with van der Waals surface area (Å²) in [5.41, 5.74) is 3.50. The lowest BCUT2D eigenvalue weighted by atomic mass is 10.1. The largest absolute Gasteiger partial charge is 0.465 e. The number of methoxy groups -OCH3 is 1. The zero-order valence-electron chi connectivity index (χ0n) is 17.3. The molecule has 0 aliphatic heterocycles. The molecule has 0 saturated heterocycles. The summed E-state index contributed by atoms with van der Waals surface area (Å²) in [4.78, 5) is 37.5. The van der Waals surface area contributed by atoms with E-state index in [-0.39, 0.29) is 5.78 Å². The van der Waals surface area contributed by atoms with Gasteiger partial charge >= 0.3 is 5.97 Å². The molecular weight excluding hydrogens is 402 g/mol. The Kier molecular flexibility index (Phi) is 5.07. The molecular formula is C21H21N5O3S. The number of ketones is 1. The number of aromatic nitrogens is 5. The second kappa shape index (κ2) is 7.56. The number of H-pyrrole nitrogens is 1. The quantitative estimate of drug-likeness (QED) is 0.226. The Morgan fingerprint density at radius 1 is 1.17 bits per heavy atom. The summed E-state index contributed by atoms with van der Waals surface area (Å²) in [6.07, 6.45) is 0. The van der Waals surface area contributed by atoms with Gasteiger partial charge in [-0.1, -0.05) is 23.9 Å². The molecule has 0 amide bonds. The summed E-state index contributed by atoms with van der Waals surface area (Å²) >= 11 is 1.31. The number of nitrogens with one attached hydrogen (secondary N) is 1. The summed E-state index contributed by atoms with van der Waals surface area (Å²) in [6, 6.07) is 7.71. The average molecular weight is 423 g/mol. The molecule has 0 aliphatic carbocycles. The molecule has 0 aliphatic rings. The zero-order valence-corrected chi connectivity index (χ0v) is 18.1. The van der Waals surface area contributed by atoms with Crippen molar-refractivity contribution in [3.63, 3.8) is 0 Å². The Morgan fingerprint density at radius 2 is 1.90 bits per heavy atom. The van der Waals surface area contributed by atoms with Crippen molar-refractivity contribution < 1.29 is 14.3 Å². The van der Waals surface area contributed by atoms with E-state index in [0.717, 1.165) is 10.9 Å². The van der Waals surface area contributed by atoms with Crippen LogP contribution >= 0.6 is 11.8 Å². The molecule has 4 aromatic rings. The van der Waals surface area contributed by atoms with Gasteiger partial charge in [0, 0.05) is 11.1 Å². The maximum Gasteiger partial charge on any atom is 0.339 e. The van der Waals surface area contributed by atoms with Crippen LogP contribution in [0, 0.1) is 20.8 Å². The van der Waals surface area contributed by atoms with Gasteiger partial charge in [-0.25, -0.2) is 14.8 Å². The lowest BCUT2D eigenvalue weighted by molar-refractivity contribution is 0.0599. The predicted molar refractivity (Wildman–Crippen MR) is 114 cm³/mol. The van der Waals surface area contributed by atoms with Crippen LogP contribution in [0.2, 0.25) is 0 Å². The number of Topliss-reactive ketones (excluding diaryl/α,β-unsaturated/α-hetero) is 1. The number of ether oxygens (including phenoxy) is 1. The number of aryl methyl sites for hydroxylation is 2. The number of rotatable bonds is 5. The predicted octanol–water partition coefficient (Wildman–Crippen LogP) is 3.68. The molecule has 0 radical (unpaired) electrons. The first-order valence-corrected chi connectivity index (χ1v) is 10.3. The van der Waals surface area contributed by atoms with E-state index in [1.807, 2.05) is 38.1 Å². The third-order valence-electron chi connectivity index (χ3n) is 4.98. The van der Waals surface area contributed by atoms with Crippen molar-refractivity contribution in [3.05, 3.63) is 52.6 Å². The minimum atomic E-state index is -0.464. The van der Waals surface area contributed by atoms with Gasteiger partial charge in [-0.15, -0.1) is 5.10 Å². The van der Waals surface area contributed by atoms with E-state index in [2.05, 4.69) is 15.1 Å². The number of benzene rings is 1. The number of nitrogens with zero attached hydrogens (tertiary/aromatic N) is 4. The van der Waals surface area contributed by atoms with Crippen LogP contribution in [0.5, 0.6) is 0 Å². The van der Waals surface area contributed by atoms with Crippen molar-refractivity contribution in [2.24, 2.45) is 0 Å². The highest BCUT2D eigenvalue weighted by atomic mass is 32.2. The lowest BCUT2D eigenvalue weighted by Gasteiger charge is -2.11. The third-order valence-corrected chi connectivity index (χ3v) is 6.02. The molecule has 0 fully saturated rings. The topological polar surface area (TPSA) is 102 Å². The van der Waals surface area contributed by atoms with Crippen LogP contribution in [0.4, 0.5) is 0 Å². The van der Waals surface area contributed by atoms with Gasteiger partial charge in [0.1, 0.15) is 5.82 Å². The number of esters is 1. The van der Waals surface area contributed by atoms with Crippen LogP contribution < -0.4 is 0 Å². The normalized spacial score (nSPS) is 12.4. The monoisotopic (exact) mass is 423 g/mol. The maximum atomic E-state index is 13.2. The molecule has 1 aromatic carbocycles. The maximum absolute atomic E-state index is 13.2.